The van der Waals surface area contributed by atoms with E-state index < -0.39 is 5.97 Å². The number of benzene rings is 2. The predicted octanol–water partition coefficient (Wildman–Crippen LogP) is 4.64. The Morgan fingerprint density at radius 1 is 1.19 bits per heavy atom. The van der Waals surface area contributed by atoms with Crippen molar-refractivity contribution < 1.29 is 14.3 Å². The van der Waals surface area contributed by atoms with Crippen LogP contribution in [0.25, 0.3) is 0 Å². The smallest absolute Gasteiger partial charge is 0.330 e. The lowest BCUT2D eigenvalue weighted by atomic mass is 9.89. The molecule has 2 aromatic carbocycles. The van der Waals surface area contributed by atoms with Crippen molar-refractivity contribution in [3.05, 3.63) is 82.1 Å². The Bertz CT molecular complexity index is 677. The number of halogens is 2. The lowest BCUT2D eigenvalue weighted by Crippen LogP contribution is -2.03. The van der Waals surface area contributed by atoms with E-state index in [-0.39, 0.29) is 17.3 Å². The Morgan fingerprint density at radius 2 is 1.86 bits per heavy atom. The second kappa shape index (κ2) is 6.55. The van der Waals surface area contributed by atoms with Gasteiger partial charge in [0.05, 0.1) is 0 Å². The molecule has 0 aliphatic rings. The maximum absolute atomic E-state index is 13.4. The highest BCUT2D eigenvalue weighted by Gasteiger charge is 2.14. The van der Waals surface area contributed by atoms with E-state index in [4.69, 9.17) is 16.7 Å². The Morgan fingerprint density at radius 3 is 2.43 bits per heavy atom. The van der Waals surface area contributed by atoms with Crippen LogP contribution >= 0.6 is 11.6 Å². The van der Waals surface area contributed by atoms with Crippen molar-refractivity contribution in [2.45, 2.75) is 12.8 Å². The summed E-state index contributed by atoms with van der Waals surface area (Å²) in [6.45, 7) is 1.52. The van der Waals surface area contributed by atoms with Gasteiger partial charge in [0.25, 0.3) is 0 Å². The SMILES string of the molecule is CC(=CC(c1ccc(Cl)cc1)c1cccc(F)c1)C(=O)O. The quantitative estimate of drug-likeness (QED) is 0.835. The van der Waals surface area contributed by atoms with Crippen LogP contribution in [-0.4, -0.2) is 11.1 Å². The Balaban J connectivity index is 2.51. The molecule has 1 unspecified atom stereocenters. The molecule has 1 N–H and O–H groups in total. The second-order valence-corrected chi connectivity index (χ2v) is 5.18. The van der Waals surface area contributed by atoms with Gasteiger partial charge in [-0.15, -0.1) is 0 Å². The summed E-state index contributed by atoms with van der Waals surface area (Å²) in [5.41, 5.74) is 1.75. The summed E-state index contributed by atoms with van der Waals surface area (Å²) in [6.07, 6.45) is 1.61. The Labute approximate surface area is 127 Å². The third-order valence-corrected chi connectivity index (χ3v) is 3.44. The highest BCUT2D eigenvalue weighted by Crippen LogP contribution is 2.28. The number of carbonyl (C=O) groups is 1. The lowest BCUT2D eigenvalue weighted by molar-refractivity contribution is -0.132. The standard InChI is InChI=1S/C17H14ClFO2/c1-11(17(20)21)9-16(12-5-7-14(18)8-6-12)13-3-2-4-15(19)10-13/h2-10,16H,1H3,(H,20,21). The van der Waals surface area contributed by atoms with Crippen molar-refractivity contribution in [1.29, 1.82) is 0 Å². The summed E-state index contributed by atoms with van der Waals surface area (Å²) in [4.78, 5) is 11.1. The van der Waals surface area contributed by atoms with Crippen LogP contribution in [-0.2, 0) is 4.79 Å². The van der Waals surface area contributed by atoms with E-state index in [1.54, 1.807) is 30.3 Å². The molecule has 0 saturated heterocycles. The first kappa shape index (κ1) is 15.3. The van der Waals surface area contributed by atoms with Crippen LogP contribution in [0.3, 0.4) is 0 Å². The van der Waals surface area contributed by atoms with E-state index in [0.29, 0.717) is 10.6 Å². The summed E-state index contributed by atoms with van der Waals surface area (Å²) >= 11 is 5.87. The summed E-state index contributed by atoms with van der Waals surface area (Å²) < 4.78 is 13.4. The molecule has 0 aliphatic carbocycles. The molecule has 108 valence electrons. The van der Waals surface area contributed by atoms with Gasteiger partial charge in [0.15, 0.2) is 0 Å². The fraction of sp³-hybridized carbons (Fsp3) is 0.118. The number of allylic oxidation sites excluding steroid dienone is 1. The fourth-order valence-corrected chi connectivity index (χ4v) is 2.20. The van der Waals surface area contributed by atoms with E-state index in [2.05, 4.69) is 0 Å². The van der Waals surface area contributed by atoms with Crippen molar-refractivity contribution in [2.24, 2.45) is 0 Å². The molecule has 0 saturated carbocycles. The molecule has 4 heteroatoms. The van der Waals surface area contributed by atoms with E-state index >= 15 is 0 Å². The molecule has 0 amide bonds. The molecule has 0 aliphatic heterocycles. The monoisotopic (exact) mass is 304 g/mol. The summed E-state index contributed by atoms with van der Waals surface area (Å²) in [5.74, 6) is -1.69. The van der Waals surface area contributed by atoms with Gasteiger partial charge in [0, 0.05) is 16.5 Å². The number of carboxylic acids is 1. The van der Waals surface area contributed by atoms with Gasteiger partial charge in [-0.3, -0.25) is 0 Å². The highest BCUT2D eigenvalue weighted by molar-refractivity contribution is 6.30. The zero-order chi connectivity index (χ0) is 15.4. The Kier molecular flexibility index (Phi) is 4.76. The van der Waals surface area contributed by atoms with Crippen molar-refractivity contribution >= 4 is 17.6 Å². The third-order valence-electron chi connectivity index (χ3n) is 3.19. The summed E-state index contributed by atoms with van der Waals surface area (Å²) in [7, 11) is 0. The van der Waals surface area contributed by atoms with Crippen molar-refractivity contribution in [3.63, 3.8) is 0 Å². The zero-order valence-corrected chi connectivity index (χ0v) is 12.1. The van der Waals surface area contributed by atoms with E-state index in [1.165, 1.54) is 19.1 Å². The minimum atomic E-state index is -0.995. The van der Waals surface area contributed by atoms with Crippen LogP contribution in [0, 0.1) is 5.82 Å². The van der Waals surface area contributed by atoms with Crippen LogP contribution < -0.4 is 0 Å². The molecule has 0 aromatic heterocycles. The first-order chi connectivity index (χ1) is 9.97. The van der Waals surface area contributed by atoms with E-state index in [1.807, 2.05) is 12.1 Å². The molecular weight excluding hydrogens is 291 g/mol. The van der Waals surface area contributed by atoms with E-state index in [0.717, 1.165) is 5.56 Å². The molecular formula is C17H14ClFO2. The largest absolute Gasteiger partial charge is 0.478 e. The van der Waals surface area contributed by atoms with Crippen LogP contribution in [0.15, 0.2) is 60.2 Å². The van der Waals surface area contributed by atoms with Gasteiger partial charge in [-0.1, -0.05) is 41.9 Å². The second-order valence-electron chi connectivity index (χ2n) is 4.74. The molecule has 0 spiro atoms. The van der Waals surface area contributed by atoms with Crippen LogP contribution in [0.4, 0.5) is 4.39 Å². The molecule has 0 radical (unpaired) electrons. The topological polar surface area (TPSA) is 37.3 Å². The number of rotatable bonds is 4. The average molecular weight is 305 g/mol. The molecule has 0 heterocycles. The highest BCUT2D eigenvalue weighted by atomic mass is 35.5. The molecule has 2 aromatic rings. The maximum Gasteiger partial charge on any atom is 0.330 e. The van der Waals surface area contributed by atoms with Crippen molar-refractivity contribution in [3.8, 4) is 0 Å². The molecule has 1 atom stereocenters. The average Bonchev–Trinajstić information content (AvgIpc) is 2.45. The number of hydrogen-bond acceptors (Lipinski definition) is 1. The zero-order valence-electron chi connectivity index (χ0n) is 11.4. The van der Waals surface area contributed by atoms with Crippen LogP contribution in [0.1, 0.15) is 24.0 Å². The van der Waals surface area contributed by atoms with Crippen molar-refractivity contribution in [2.75, 3.05) is 0 Å². The number of aliphatic carboxylic acids is 1. The number of hydrogen-bond donors (Lipinski definition) is 1. The van der Waals surface area contributed by atoms with Gasteiger partial charge in [-0.25, -0.2) is 9.18 Å². The molecule has 2 rings (SSSR count). The van der Waals surface area contributed by atoms with Gasteiger partial charge in [0.2, 0.25) is 0 Å². The minimum Gasteiger partial charge on any atom is -0.478 e. The molecule has 2 nitrogen and oxygen atoms in total. The maximum atomic E-state index is 13.4. The van der Waals surface area contributed by atoms with E-state index in [9.17, 15) is 9.18 Å². The van der Waals surface area contributed by atoms with Gasteiger partial charge in [-0.05, 0) is 42.3 Å². The molecule has 0 fully saturated rings. The normalized spacial score (nSPS) is 13.0. The molecule has 21 heavy (non-hydrogen) atoms. The third kappa shape index (κ3) is 3.92. The minimum absolute atomic E-state index is 0.208. The van der Waals surface area contributed by atoms with Crippen LogP contribution in [0.5, 0.6) is 0 Å². The lowest BCUT2D eigenvalue weighted by Gasteiger charge is -2.15. The molecule has 0 bridgehead atoms. The summed E-state index contributed by atoms with van der Waals surface area (Å²) in [6, 6.07) is 13.2. The van der Waals surface area contributed by atoms with Crippen LogP contribution in [0.2, 0.25) is 5.02 Å². The first-order valence-electron chi connectivity index (χ1n) is 6.40. The van der Waals surface area contributed by atoms with Crippen molar-refractivity contribution in [1.82, 2.24) is 0 Å². The number of carboxylic acid groups (broad SMARTS) is 1. The fourth-order valence-electron chi connectivity index (χ4n) is 2.08. The Hall–Kier alpha value is -2.13. The first-order valence-corrected chi connectivity index (χ1v) is 6.78. The summed E-state index contributed by atoms with van der Waals surface area (Å²) in [5, 5.41) is 9.65. The van der Waals surface area contributed by atoms with Gasteiger partial charge in [-0.2, -0.15) is 0 Å². The predicted molar refractivity (Wildman–Crippen MR) is 81.1 cm³/mol. The van der Waals surface area contributed by atoms with Gasteiger partial charge < -0.3 is 5.11 Å². The van der Waals surface area contributed by atoms with Gasteiger partial charge in [0.1, 0.15) is 5.82 Å². The van der Waals surface area contributed by atoms with Gasteiger partial charge >= 0.3 is 5.97 Å².